The number of ether oxygens (including phenoxy) is 2. The summed E-state index contributed by atoms with van der Waals surface area (Å²) in [7, 11) is 1.59. The van der Waals surface area contributed by atoms with Crippen molar-refractivity contribution in [2.75, 3.05) is 33.4 Å². The van der Waals surface area contributed by atoms with Crippen LogP contribution in [-0.4, -0.2) is 61.0 Å². The van der Waals surface area contributed by atoms with E-state index in [0.29, 0.717) is 32.7 Å². The molecule has 0 saturated carbocycles. The molecule has 0 aromatic rings. The van der Waals surface area contributed by atoms with Crippen molar-refractivity contribution in [2.24, 2.45) is 0 Å². The van der Waals surface area contributed by atoms with Gasteiger partial charge in [0.05, 0.1) is 12.7 Å². The molecule has 17 heavy (non-hydrogen) atoms. The van der Waals surface area contributed by atoms with Gasteiger partial charge in [-0.2, -0.15) is 0 Å². The van der Waals surface area contributed by atoms with Crippen LogP contribution < -0.4 is 0 Å². The first kappa shape index (κ1) is 14.4. The molecule has 1 saturated heterocycles. The van der Waals surface area contributed by atoms with Gasteiger partial charge in [-0.25, -0.2) is 0 Å². The van der Waals surface area contributed by atoms with Crippen molar-refractivity contribution < 1.29 is 19.4 Å². The molecule has 2 atom stereocenters. The van der Waals surface area contributed by atoms with Crippen LogP contribution in [0.25, 0.3) is 0 Å². The highest BCUT2D eigenvalue weighted by Crippen LogP contribution is 2.23. The quantitative estimate of drug-likeness (QED) is 0.756. The van der Waals surface area contributed by atoms with Crippen molar-refractivity contribution >= 4 is 5.97 Å². The molecule has 2 unspecified atom stereocenters. The van der Waals surface area contributed by atoms with Crippen molar-refractivity contribution in [3.63, 3.8) is 0 Å². The van der Waals surface area contributed by atoms with Gasteiger partial charge < -0.3 is 14.6 Å². The first-order chi connectivity index (χ1) is 8.04. The zero-order chi connectivity index (χ0) is 12.9. The Morgan fingerprint density at radius 2 is 2.35 bits per heavy atom. The van der Waals surface area contributed by atoms with Crippen molar-refractivity contribution in [1.82, 2.24) is 4.90 Å². The molecule has 0 radical (unpaired) electrons. The van der Waals surface area contributed by atoms with Gasteiger partial charge in [-0.15, -0.1) is 0 Å². The van der Waals surface area contributed by atoms with Gasteiger partial charge in [0.15, 0.2) is 0 Å². The largest absolute Gasteiger partial charge is 0.480 e. The van der Waals surface area contributed by atoms with Gasteiger partial charge in [0.25, 0.3) is 0 Å². The molecule has 1 fully saturated rings. The number of hydrogen-bond donors (Lipinski definition) is 1. The number of carboxylic acid groups (broad SMARTS) is 1. The normalized spacial score (nSPS) is 25.5. The topological polar surface area (TPSA) is 59.0 Å². The zero-order valence-corrected chi connectivity index (χ0v) is 10.9. The Morgan fingerprint density at radius 3 is 2.88 bits per heavy atom. The van der Waals surface area contributed by atoms with Gasteiger partial charge in [0.2, 0.25) is 0 Å². The number of carboxylic acids is 1. The van der Waals surface area contributed by atoms with Crippen molar-refractivity contribution in [1.29, 1.82) is 0 Å². The van der Waals surface area contributed by atoms with E-state index in [0.717, 1.165) is 6.42 Å². The first-order valence-corrected chi connectivity index (χ1v) is 6.13. The average molecular weight is 245 g/mol. The summed E-state index contributed by atoms with van der Waals surface area (Å²) < 4.78 is 10.6. The average Bonchev–Trinajstić information content (AvgIpc) is 2.35. The fourth-order valence-corrected chi connectivity index (χ4v) is 2.12. The molecule has 0 amide bonds. The number of methoxy groups -OCH3 is 1. The highest BCUT2D eigenvalue weighted by Gasteiger charge is 2.41. The minimum atomic E-state index is -0.854. The van der Waals surface area contributed by atoms with Gasteiger partial charge in [0, 0.05) is 26.8 Å². The highest BCUT2D eigenvalue weighted by molar-refractivity contribution is 5.78. The zero-order valence-electron chi connectivity index (χ0n) is 10.9. The van der Waals surface area contributed by atoms with E-state index in [9.17, 15) is 9.90 Å². The standard InChI is InChI=1S/C12H23NO4/c1-4-10-9-13(6-8-17-10)12(2,11(14)15)5-7-16-3/h10H,4-9H2,1-3H3,(H,14,15). The van der Waals surface area contributed by atoms with Gasteiger partial charge in [0.1, 0.15) is 5.54 Å². The first-order valence-electron chi connectivity index (χ1n) is 6.13. The van der Waals surface area contributed by atoms with E-state index >= 15 is 0 Å². The van der Waals surface area contributed by atoms with Crippen LogP contribution in [0.15, 0.2) is 0 Å². The number of aliphatic carboxylic acids is 1. The maximum Gasteiger partial charge on any atom is 0.323 e. The van der Waals surface area contributed by atoms with Gasteiger partial charge >= 0.3 is 5.97 Å². The number of carbonyl (C=O) groups is 1. The number of hydrogen-bond acceptors (Lipinski definition) is 4. The Kier molecular flexibility index (Phi) is 5.36. The Morgan fingerprint density at radius 1 is 1.65 bits per heavy atom. The van der Waals surface area contributed by atoms with Crippen LogP contribution >= 0.6 is 0 Å². The molecule has 5 heteroatoms. The second kappa shape index (κ2) is 6.33. The summed E-state index contributed by atoms with van der Waals surface area (Å²) in [5.74, 6) is -0.786. The fraction of sp³-hybridized carbons (Fsp3) is 0.917. The molecule has 1 heterocycles. The Hall–Kier alpha value is -0.650. The summed E-state index contributed by atoms with van der Waals surface area (Å²) >= 11 is 0. The van der Waals surface area contributed by atoms with E-state index in [1.807, 2.05) is 4.90 Å². The molecule has 100 valence electrons. The minimum Gasteiger partial charge on any atom is -0.480 e. The van der Waals surface area contributed by atoms with Crippen LogP contribution in [0.4, 0.5) is 0 Å². The van der Waals surface area contributed by atoms with E-state index in [-0.39, 0.29) is 6.10 Å². The SMILES string of the molecule is CCC1CN(C(C)(CCOC)C(=O)O)CCO1. The summed E-state index contributed by atoms with van der Waals surface area (Å²) in [4.78, 5) is 13.5. The molecular formula is C12H23NO4. The molecular weight excluding hydrogens is 222 g/mol. The summed E-state index contributed by atoms with van der Waals surface area (Å²) in [6, 6.07) is 0. The molecule has 1 N–H and O–H groups in total. The van der Waals surface area contributed by atoms with Crippen molar-refractivity contribution in [2.45, 2.75) is 38.3 Å². The molecule has 0 bridgehead atoms. The van der Waals surface area contributed by atoms with E-state index in [1.54, 1.807) is 14.0 Å². The Bertz CT molecular complexity index is 259. The van der Waals surface area contributed by atoms with E-state index in [2.05, 4.69) is 6.92 Å². The van der Waals surface area contributed by atoms with Crippen LogP contribution in [0.1, 0.15) is 26.7 Å². The van der Waals surface area contributed by atoms with Crippen LogP contribution in [0.3, 0.4) is 0 Å². The molecule has 0 aromatic heterocycles. The predicted octanol–water partition coefficient (Wildman–Crippen LogP) is 0.977. The molecule has 1 aliphatic heterocycles. The lowest BCUT2D eigenvalue weighted by molar-refractivity contribution is -0.158. The lowest BCUT2D eigenvalue weighted by Crippen LogP contribution is -2.58. The molecule has 0 aromatic carbocycles. The summed E-state index contributed by atoms with van der Waals surface area (Å²) in [5, 5.41) is 9.43. The molecule has 5 nitrogen and oxygen atoms in total. The van der Waals surface area contributed by atoms with Crippen LogP contribution in [0.2, 0.25) is 0 Å². The highest BCUT2D eigenvalue weighted by atomic mass is 16.5. The molecule has 1 rings (SSSR count). The number of rotatable bonds is 6. The molecule has 0 spiro atoms. The predicted molar refractivity (Wildman–Crippen MR) is 64.1 cm³/mol. The monoisotopic (exact) mass is 245 g/mol. The molecule has 1 aliphatic rings. The lowest BCUT2D eigenvalue weighted by Gasteiger charge is -2.42. The molecule has 0 aliphatic carbocycles. The minimum absolute atomic E-state index is 0.143. The third-order valence-corrected chi connectivity index (χ3v) is 3.55. The van der Waals surface area contributed by atoms with Crippen LogP contribution in [0.5, 0.6) is 0 Å². The Labute approximate surface area is 103 Å². The van der Waals surface area contributed by atoms with Crippen molar-refractivity contribution in [3.05, 3.63) is 0 Å². The lowest BCUT2D eigenvalue weighted by atomic mass is 9.94. The summed E-state index contributed by atoms with van der Waals surface area (Å²) in [6.45, 7) is 6.24. The third kappa shape index (κ3) is 3.40. The van der Waals surface area contributed by atoms with Gasteiger partial charge in [-0.05, 0) is 19.8 Å². The Balaban J connectivity index is 2.71. The maximum atomic E-state index is 11.5. The fourth-order valence-electron chi connectivity index (χ4n) is 2.12. The second-order valence-corrected chi connectivity index (χ2v) is 4.67. The van der Waals surface area contributed by atoms with Crippen LogP contribution in [-0.2, 0) is 14.3 Å². The summed E-state index contributed by atoms with van der Waals surface area (Å²) in [6.07, 6.45) is 1.55. The van der Waals surface area contributed by atoms with Crippen molar-refractivity contribution in [3.8, 4) is 0 Å². The third-order valence-electron chi connectivity index (χ3n) is 3.55. The second-order valence-electron chi connectivity index (χ2n) is 4.67. The smallest absolute Gasteiger partial charge is 0.323 e. The maximum absolute atomic E-state index is 11.5. The summed E-state index contributed by atoms with van der Waals surface area (Å²) in [5.41, 5.74) is -0.854. The van der Waals surface area contributed by atoms with E-state index in [4.69, 9.17) is 9.47 Å². The van der Waals surface area contributed by atoms with E-state index in [1.165, 1.54) is 0 Å². The van der Waals surface area contributed by atoms with E-state index < -0.39 is 11.5 Å². The number of nitrogens with zero attached hydrogens (tertiary/aromatic N) is 1. The van der Waals surface area contributed by atoms with Gasteiger partial charge in [-0.1, -0.05) is 6.92 Å². The number of morpholine rings is 1. The van der Waals surface area contributed by atoms with Gasteiger partial charge in [-0.3, -0.25) is 9.69 Å². The van der Waals surface area contributed by atoms with Crippen LogP contribution in [0, 0.1) is 0 Å².